The van der Waals surface area contributed by atoms with Crippen LogP contribution >= 0.6 is 11.8 Å². The van der Waals surface area contributed by atoms with E-state index in [2.05, 4.69) is 32.5 Å². The fourth-order valence-corrected chi connectivity index (χ4v) is 2.95. The molecule has 0 aromatic heterocycles. The number of thioether (sulfide) groups is 1. The van der Waals surface area contributed by atoms with Gasteiger partial charge in [-0.1, -0.05) is 27.2 Å². The maximum absolute atomic E-state index is 5.99. The zero-order chi connectivity index (χ0) is 9.19. The highest BCUT2D eigenvalue weighted by molar-refractivity contribution is 8.00. The van der Waals surface area contributed by atoms with Crippen LogP contribution < -0.4 is 5.73 Å². The molecule has 2 heteroatoms. The van der Waals surface area contributed by atoms with Gasteiger partial charge >= 0.3 is 0 Å². The van der Waals surface area contributed by atoms with E-state index in [4.69, 9.17) is 5.73 Å². The highest BCUT2D eigenvalue weighted by Crippen LogP contribution is 2.32. The number of nitrogens with two attached hydrogens (primary N) is 1. The van der Waals surface area contributed by atoms with Gasteiger partial charge in [0.15, 0.2) is 0 Å². The van der Waals surface area contributed by atoms with Gasteiger partial charge in [-0.15, -0.1) is 0 Å². The van der Waals surface area contributed by atoms with Crippen LogP contribution in [0.25, 0.3) is 0 Å². The molecule has 0 radical (unpaired) electrons. The van der Waals surface area contributed by atoms with Gasteiger partial charge < -0.3 is 5.73 Å². The second-order valence-electron chi connectivity index (χ2n) is 5.00. The Morgan fingerprint density at radius 1 is 1.33 bits per heavy atom. The first-order valence-electron chi connectivity index (χ1n) is 4.86. The van der Waals surface area contributed by atoms with Gasteiger partial charge in [-0.25, -0.2) is 0 Å². The maximum atomic E-state index is 5.99. The average Bonchev–Trinajstić information content (AvgIpc) is 2.29. The third-order valence-corrected chi connectivity index (χ3v) is 4.28. The monoisotopic (exact) mass is 187 g/mol. The average molecular weight is 187 g/mol. The normalized spacial score (nSPS) is 31.0. The quantitative estimate of drug-likeness (QED) is 0.719. The van der Waals surface area contributed by atoms with E-state index in [0.29, 0.717) is 11.5 Å². The van der Waals surface area contributed by atoms with Crippen LogP contribution in [-0.4, -0.2) is 17.0 Å². The fourth-order valence-electron chi connectivity index (χ4n) is 1.52. The highest BCUT2D eigenvalue weighted by Gasteiger charge is 2.25. The summed E-state index contributed by atoms with van der Waals surface area (Å²) in [6, 6.07) is 0.470. The van der Waals surface area contributed by atoms with E-state index in [-0.39, 0.29) is 0 Å². The molecule has 72 valence electrons. The smallest absolute Gasteiger partial charge is 0.0199 e. The van der Waals surface area contributed by atoms with Crippen molar-refractivity contribution < 1.29 is 0 Å². The molecule has 1 nitrogen and oxygen atoms in total. The zero-order valence-corrected chi connectivity index (χ0v) is 9.29. The van der Waals surface area contributed by atoms with E-state index in [0.717, 1.165) is 5.25 Å². The lowest BCUT2D eigenvalue weighted by atomic mass is 10.0. The summed E-state index contributed by atoms with van der Waals surface area (Å²) < 4.78 is 0. The van der Waals surface area contributed by atoms with Crippen LogP contribution in [0, 0.1) is 5.41 Å². The van der Waals surface area contributed by atoms with Gasteiger partial charge in [-0.2, -0.15) is 11.8 Å². The maximum Gasteiger partial charge on any atom is 0.0199 e. The van der Waals surface area contributed by atoms with Crippen molar-refractivity contribution in [2.75, 3.05) is 5.75 Å². The molecule has 0 amide bonds. The SMILES string of the molecule is CC(C)(C)CSC1CCCC1N. The standard InChI is InChI=1S/C10H21NS/c1-10(2,3)7-12-9-6-4-5-8(9)11/h8-9H,4-7,11H2,1-3H3. The van der Waals surface area contributed by atoms with Crippen molar-refractivity contribution >= 4 is 11.8 Å². The molecule has 0 saturated heterocycles. The van der Waals surface area contributed by atoms with Gasteiger partial charge in [0.25, 0.3) is 0 Å². The second kappa shape index (κ2) is 4.01. The zero-order valence-electron chi connectivity index (χ0n) is 8.47. The van der Waals surface area contributed by atoms with Gasteiger partial charge in [0.2, 0.25) is 0 Å². The summed E-state index contributed by atoms with van der Waals surface area (Å²) in [5, 5.41) is 0.740. The summed E-state index contributed by atoms with van der Waals surface area (Å²) >= 11 is 2.07. The molecule has 0 aliphatic heterocycles. The molecule has 2 unspecified atom stereocenters. The van der Waals surface area contributed by atoms with E-state index in [1.54, 1.807) is 0 Å². The Hall–Kier alpha value is 0.310. The Labute approximate surface area is 80.5 Å². The minimum Gasteiger partial charge on any atom is -0.327 e. The van der Waals surface area contributed by atoms with Crippen molar-refractivity contribution in [3.63, 3.8) is 0 Å². The first-order chi connectivity index (χ1) is 5.49. The molecule has 2 atom stereocenters. The molecule has 0 aromatic rings. The third kappa shape index (κ3) is 3.36. The van der Waals surface area contributed by atoms with Gasteiger partial charge in [0.1, 0.15) is 0 Å². The Kier molecular flexibility index (Phi) is 3.47. The van der Waals surface area contributed by atoms with Crippen LogP contribution in [0.2, 0.25) is 0 Å². The van der Waals surface area contributed by atoms with Crippen LogP contribution in [-0.2, 0) is 0 Å². The van der Waals surface area contributed by atoms with Crippen molar-refractivity contribution in [2.24, 2.45) is 11.1 Å². The molecule has 1 rings (SSSR count). The van der Waals surface area contributed by atoms with Crippen molar-refractivity contribution in [2.45, 2.75) is 51.3 Å². The predicted octanol–water partition coefficient (Wildman–Crippen LogP) is 2.65. The van der Waals surface area contributed by atoms with E-state index >= 15 is 0 Å². The Morgan fingerprint density at radius 3 is 2.42 bits per heavy atom. The van der Waals surface area contributed by atoms with Crippen LogP contribution in [0.4, 0.5) is 0 Å². The van der Waals surface area contributed by atoms with Crippen LogP contribution in [0.1, 0.15) is 40.0 Å². The molecule has 0 bridgehead atoms. The summed E-state index contributed by atoms with van der Waals surface area (Å²) in [6.45, 7) is 6.88. The van der Waals surface area contributed by atoms with Gasteiger partial charge in [-0.3, -0.25) is 0 Å². The van der Waals surface area contributed by atoms with Crippen molar-refractivity contribution in [1.82, 2.24) is 0 Å². The largest absolute Gasteiger partial charge is 0.327 e. The number of hydrogen-bond acceptors (Lipinski definition) is 2. The molecule has 12 heavy (non-hydrogen) atoms. The lowest BCUT2D eigenvalue weighted by Gasteiger charge is -2.22. The Balaban J connectivity index is 2.23. The van der Waals surface area contributed by atoms with Crippen LogP contribution in [0.15, 0.2) is 0 Å². The van der Waals surface area contributed by atoms with Gasteiger partial charge in [-0.05, 0) is 24.0 Å². The first kappa shape index (κ1) is 10.4. The molecular formula is C10H21NS. The predicted molar refractivity (Wildman–Crippen MR) is 57.5 cm³/mol. The fraction of sp³-hybridized carbons (Fsp3) is 1.00. The van der Waals surface area contributed by atoms with Crippen LogP contribution in [0.5, 0.6) is 0 Å². The van der Waals surface area contributed by atoms with Crippen molar-refractivity contribution in [3.05, 3.63) is 0 Å². The van der Waals surface area contributed by atoms with Crippen molar-refractivity contribution in [1.29, 1.82) is 0 Å². The molecule has 1 aliphatic rings. The molecule has 0 aromatic carbocycles. The van der Waals surface area contributed by atoms with Crippen molar-refractivity contribution in [3.8, 4) is 0 Å². The third-order valence-electron chi connectivity index (χ3n) is 2.23. The molecule has 1 aliphatic carbocycles. The topological polar surface area (TPSA) is 26.0 Å². The first-order valence-corrected chi connectivity index (χ1v) is 5.91. The van der Waals surface area contributed by atoms with Crippen LogP contribution in [0.3, 0.4) is 0 Å². The second-order valence-corrected chi connectivity index (χ2v) is 6.23. The number of hydrogen-bond donors (Lipinski definition) is 1. The highest BCUT2D eigenvalue weighted by atomic mass is 32.2. The van der Waals surface area contributed by atoms with E-state index in [1.807, 2.05) is 0 Å². The molecule has 1 saturated carbocycles. The summed E-state index contributed by atoms with van der Waals surface area (Å²) in [5.41, 5.74) is 6.44. The van der Waals surface area contributed by atoms with E-state index < -0.39 is 0 Å². The summed E-state index contributed by atoms with van der Waals surface area (Å²) in [7, 11) is 0. The Morgan fingerprint density at radius 2 is 2.00 bits per heavy atom. The van der Waals surface area contributed by atoms with E-state index in [9.17, 15) is 0 Å². The van der Waals surface area contributed by atoms with Gasteiger partial charge in [0, 0.05) is 11.3 Å². The van der Waals surface area contributed by atoms with E-state index in [1.165, 1.54) is 25.0 Å². The molecule has 0 spiro atoms. The summed E-state index contributed by atoms with van der Waals surface area (Å²) in [6.07, 6.45) is 3.91. The lowest BCUT2D eigenvalue weighted by Crippen LogP contribution is -2.27. The lowest BCUT2D eigenvalue weighted by molar-refractivity contribution is 0.479. The summed E-state index contributed by atoms with van der Waals surface area (Å²) in [4.78, 5) is 0. The summed E-state index contributed by atoms with van der Waals surface area (Å²) in [5.74, 6) is 1.24. The molecular weight excluding hydrogens is 166 g/mol. The number of rotatable bonds is 2. The minimum absolute atomic E-state index is 0.451. The van der Waals surface area contributed by atoms with Gasteiger partial charge in [0.05, 0.1) is 0 Å². The Bertz CT molecular complexity index is 139. The molecule has 2 N–H and O–H groups in total. The molecule has 0 heterocycles. The molecule has 1 fully saturated rings. The minimum atomic E-state index is 0.451.